The van der Waals surface area contributed by atoms with Crippen molar-refractivity contribution in [2.75, 3.05) is 0 Å². The molecule has 1 heterocycles. The average Bonchev–Trinajstić information content (AvgIpc) is 2.41. The van der Waals surface area contributed by atoms with Gasteiger partial charge in [-0.25, -0.2) is 0 Å². The summed E-state index contributed by atoms with van der Waals surface area (Å²) in [5.74, 6) is 0.0790. The van der Waals surface area contributed by atoms with E-state index in [9.17, 15) is 18.3 Å². The molecule has 0 radical (unpaired) electrons. The van der Waals surface area contributed by atoms with Gasteiger partial charge in [0.15, 0.2) is 0 Å². The highest BCUT2D eigenvalue weighted by Crippen LogP contribution is 2.50. The Bertz CT molecular complexity index is 790. The number of ether oxygens (including phenoxy) is 2. The fourth-order valence-corrected chi connectivity index (χ4v) is 3.35. The van der Waals surface area contributed by atoms with Crippen LogP contribution in [0.3, 0.4) is 0 Å². The molecule has 1 aliphatic rings. The molecule has 23 heavy (non-hydrogen) atoms. The summed E-state index contributed by atoms with van der Waals surface area (Å²) in [6.45, 7) is 1.57. The lowest BCUT2D eigenvalue weighted by molar-refractivity contribution is -0.274. The Balaban J connectivity index is 2.13. The zero-order valence-corrected chi connectivity index (χ0v) is 15.3. The zero-order valence-electron chi connectivity index (χ0n) is 11.5. The fourth-order valence-electron chi connectivity index (χ4n) is 2.44. The summed E-state index contributed by atoms with van der Waals surface area (Å²) < 4.78 is 48.0. The summed E-state index contributed by atoms with van der Waals surface area (Å²) in [7, 11) is 0. The molecule has 0 saturated heterocycles. The van der Waals surface area contributed by atoms with Crippen molar-refractivity contribution >= 4 is 38.5 Å². The van der Waals surface area contributed by atoms with Crippen LogP contribution in [0.25, 0.3) is 0 Å². The third-order valence-corrected chi connectivity index (χ3v) is 4.76. The predicted octanol–water partition coefficient (Wildman–Crippen LogP) is 5.31. The van der Waals surface area contributed by atoms with E-state index in [4.69, 9.17) is 4.74 Å². The van der Waals surface area contributed by atoms with Gasteiger partial charge in [0.05, 0.1) is 4.47 Å². The first kappa shape index (κ1) is 16.8. The Labute approximate surface area is 151 Å². The molecule has 0 unspecified atom stereocenters. The van der Waals surface area contributed by atoms with Crippen molar-refractivity contribution in [3.05, 3.63) is 49.5 Å². The molecule has 1 aliphatic heterocycles. The number of aliphatic hydroxyl groups is 1. The number of hydrogen-bond donors (Lipinski definition) is 1. The van der Waals surface area contributed by atoms with Crippen molar-refractivity contribution in [3.8, 4) is 17.2 Å². The molecule has 0 aromatic heterocycles. The van der Waals surface area contributed by atoms with Crippen LogP contribution in [0, 0.1) is 3.57 Å². The summed E-state index contributed by atoms with van der Waals surface area (Å²) in [5.41, 5.74) is -0.495. The second kappa shape index (κ2) is 5.52. The van der Waals surface area contributed by atoms with Crippen LogP contribution in [0.4, 0.5) is 13.2 Å². The third kappa shape index (κ3) is 3.16. The van der Waals surface area contributed by atoms with Gasteiger partial charge in [-0.15, -0.1) is 13.2 Å². The van der Waals surface area contributed by atoms with E-state index in [-0.39, 0.29) is 10.2 Å². The largest absolute Gasteiger partial charge is 0.573 e. The topological polar surface area (TPSA) is 38.7 Å². The second-order valence-corrected chi connectivity index (χ2v) is 7.24. The van der Waals surface area contributed by atoms with Crippen LogP contribution in [0.5, 0.6) is 17.2 Å². The number of halogens is 5. The Morgan fingerprint density at radius 2 is 1.83 bits per heavy atom. The summed E-state index contributed by atoms with van der Waals surface area (Å²) in [6, 6.07) is 7.71. The number of rotatable bonds is 1. The van der Waals surface area contributed by atoms with Gasteiger partial charge in [0.2, 0.25) is 0 Å². The summed E-state index contributed by atoms with van der Waals surface area (Å²) >= 11 is 5.15. The van der Waals surface area contributed by atoms with Crippen LogP contribution < -0.4 is 9.47 Å². The maximum absolute atomic E-state index is 12.5. The van der Waals surface area contributed by atoms with Crippen LogP contribution >= 0.6 is 38.5 Å². The van der Waals surface area contributed by atoms with Crippen molar-refractivity contribution in [3.63, 3.8) is 0 Å². The summed E-state index contributed by atoms with van der Waals surface area (Å²) in [5, 5.41) is 10.9. The van der Waals surface area contributed by atoms with Gasteiger partial charge in [-0.2, -0.15) is 0 Å². The van der Waals surface area contributed by atoms with Crippen LogP contribution in [-0.4, -0.2) is 11.5 Å². The van der Waals surface area contributed by atoms with Gasteiger partial charge in [0.1, 0.15) is 22.8 Å². The van der Waals surface area contributed by atoms with E-state index in [0.29, 0.717) is 16.9 Å². The van der Waals surface area contributed by atoms with Gasteiger partial charge in [0, 0.05) is 20.8 Å². The standard InChI is InChI=1S/C15H9BrF3IO3/c1-14(21)8-4-7(20)2-3-11(8)22-12-6-13(23-15(17,18)19)10(16)5-9(12)14/h2-6,21H,1H3/t14-/m1/s1. The molecule has 0 saturated carbocycles. The lowest BCUT2D eigenvalue weighted by Crippen LogP contribution is -2.28. The highest BCUT2D eigenvalue weighted by molar-refractivity contribution is 14.1. The van der Waals surface area contributed by atoms with Gasteiger partial charge in [-0.05, 0) is 69.7 Å². The van der Waals surface area contributed by atoms with Crippen LogP contribution in [0.15, 0.2) is 34.8 Å². The second-order valence-electron chi connectivity index (χ2n) is 5.14. The monoisotopic (exact) mass is 500 g/mol. The Morgan fingerprint density at radius 3 is 2.48 bits per heavy atom. The van der Waals surface area contributed by atoms with E-state index in [1.54, 1.807) is 25.1 Å². The van der Waals surface area contributed by atoms with Gasteiger partial charge < -0.3 is 14.6 Å². The Morgan fingerprint density at radius 1 is 1.17 bits per heavy atom. The number of alkyl halides is 3. The van der Waals surface area contributed by atoms with Crippen molar-refractivity contribution < 1.29 is 27.8 Å². The molecule has 1 atom stereocenters. The van der Waals surface area contributed by atoms with Gasteiger partial charge >= 0.3 is 6.36 Å². The molecule has 2 aromatic carbocycles. The van der Waals surface area contributed by atoms with E-state index >= 15 is 0 Å². The molecule has 3 rings (SSSR count). The first-order valence-corrected chi connectivity index (χ1v) is 8.25. The first-order valence-electron chi connectivity index (χ1n) is 6.38. The van der Waals surface area contributed by atoms with E-state index in [1.165, 1.54) is 6.07 Å². The number of fused-ring (bicyclic) bond motifs is 2. The SMILES string of the molecule is C[C@@]1(O)c2cc(I)ccc2Oc2cc(OC(F)(F)F)c(Br)cc21. The van der Waals surface area contributed by atoms with Gasteiger partial charge in [-0.1, -0.05) is 0 Å². The summed E-state index contributed by atoms with van der Waals surface area (Å²) in [4.78, 5) is 0. The molecule has 122 valence electrons. The van der Waals surface area contributed by atoms with Crippen molar-refractivity contribution in [2.24, 2.45) is 0 Å². The summed E-state index contributed by atoms with van der Waals surface area (Å²) in [6.07, 6.45) is -4.82. The molecule has 0 amide bonds. The predicted molar refractivity (Wildman–Crippen MR) is 88.7 cm³/mol. The van der Waals surface area contributed by atoms with Crippen LogP contribution in [0.2, 0.25) is 0 Å². The van der Waals surface area contributed by atoms with E-state index in [1.807, 2.05) is 0 Å². The Hall–Kier alpha value is -1.00. The molecule has 3 nitrogen and oxygen atoms in total. The van der Waals surface area contributed by atoms with Crippen molar-refractivity contribution in [1.82, 2.24) is 0 Å². The highest BCUT2D eigenvalue weighted by atomic mass is 127. The van der Waals surface area contributed by atoms with Crippen LogP contribution in [0.1, 0.15) is 18.1 Å². The van der Waals surface area contributed by atoms with Gasteiger partial charge in [0.25, 0.3) is 0 Å². The van der Waals surface area contributed by atoms with E-state index < -0.39 is 17.7 Å². The molecule has 0 spiro atoms. The number of hydrogen-bond acceptors (Lipinski definition) is 3. The molecular formula is C15H9BrF3IO3. The fraction of sp³-hybridized carbons (Fsp3) is 0.200. The maximum Gasteiger partial charge on any atom is 0.573 e. The maximum atomic E-state index is 12.5. The lowest BCUT2D eigenvalue weighted by atomic mass is 9.85. The smallest absolute Gasteiger partial charge is 0.456 e. The van der Waals surface area contributed by atoms with E-state index in [2.05, 4.69) is 43.3 Å². The zero-order chi connectivity index (χ0) is 17.0. The average molecular weight is 501 g/mol. The highest BCUT2D eigenvalue weighted by Gasteiger charge is 2.39. The van der Waals surface area contributed by atoms with Crippen molar-refractivity contribution in [2.45, 2.75) is 18.9 Å². The molecule has 0 bridgehead atoms. The molecule has 0 fully saturated rings. The van der Waals surface area contributed by atoms with Gasteiger partial charge in [-0.3, -0.25) is 0 Å². The first-order chi connectivity index (χ1) is 10.6. The minimum absolute atomic E-state index is 0.0755. The third-order valence-electron chi connectivity index (χ3n) is 3.47. The molecule has 1 N–H and O–H groups in total. The minimum Gasteiger partial charge on any atom is -0.456 e. The van der Waals surface area contributed by atoms with Crippen molar-refractivity contribution in [1.29, 1.82) is 0 Å². The quantitative estimate of drug-likeness (QED) is 0.539. The Kier molecular flexibility index (Phi) is 4.04. The van der Waals surface area contributed by atoms with E-state index in [0.717, 1.165) is 9.64 Å². The number of benzene rings is 2. The lowest BCUT2D eigenvalue weighted by Gasteiger charge is -2.33. The minimum atomic E-state index is -4.82. The molecule has 0 aliphatic carbocycles. The van der Waals surface area contributed by atoms with Crippen LogP contribution in [-0.2, 0) is 5.60 Å². The normalized spacial score (nSPS) is 19.6. The molecule has 8 heteroatoms. The molecule has 2 aromatic rings. The molecular weight excluding hydrogens is 492 g/mol.